The van der Waals surface area contributed by atoms with Crippen molar-refractivity contribution < 1.29 is 9.47 Å². The van der Waals surface area contributed by atoms with Crippen LogP contribution >= 0.6 is 23.6 Å². The number of anilines is 2. The highest BCUT2D eigenvalue weighted by Crippen LogP contribution is 2.32. The van der Waals surface area contributed by atoms with Crippen molar-refractivity contribution in [2.75, 3.05) is 24.9 Å². The maximum Gasteiger partial charge on any atom is 0.175 e. The van der Waals surface area contributed by atoms with Gasteiger partial charge in [-0.1, -0.05) is 6.07 Å². The van der Waals surface area contributed by atoms with Crippen molar-refractivity contribution in [1.82, 2.24) is 4.98 Å². The first-order valence-electron chi connectivity index (χ1n) is 9.33. The van der Waals surface area contributed by atoms with Crippen LogP contribution in [0.25, 0.3) is 20.8 Å². The van der Waals surface area contributed by atoms with Crippen molar-refractivity contribution in [3.05, 3.63) is 66.2 Å². The van der Waals surface area contributed by atoms with Gasteiger partial charge in [-0.05, 0) is 73.2 Å². The van der Waals surface area contributed by atoms with Gasteiger partial charge in [0.15, 0.2) is 5.11 Å². The summed E-state index contributed by atoms with van der Waals surface area (Å²) in [6.45, 7) is 2.09. The van der Waals surface area contributed by atoms with Crippen LogP contribution in [0.15, 0.2) is 60.7 Å². The third-order valence-electron chi connectivity index (χ3n) is 4.59. The van der Waals surface area contributed by atoms with Gasteiger partial charge in [0.1, 0.15) is 16.5 Å². The van der Waals surface area contributed by atoms with Gasteiger partial charge in [0.05, 0.1) is 30.1 Å². The Labute approximate surface area is 184 Å². The number of aromatic nitrogens is 1. The number of fused-ring (bicyclic) bond motifs is 1. The number of methoxy groups -OCH3 is 2. The van der Waals surface area contributed by atoms with Gasteiger partial charge in [0.25, 0.3) is 0 Å². The number of ether oxygens (including phenoxy) is 2. The molecule has 0 atom stereocenters. The standard InChI is InChI=1S/C23H21N3O2S2/c1-14-4-10-19-21(12-14)30-22(25-19)15-5-7-16(8-6-15)24-23(29)26-18-11-9-17(27-2)13-20(18)28-3/h4-13H,1-3H3,(H2,24,26,29). The summed E-state index contributed by atoms with van der Waals surface area (Å²) in [5.74, 6) is 1.37. The van der Waals surface area contributed by atoms with E-state index in [0.717, 1.165) is 33.2 Å². The number of benzene rings is 3. The molecule has 0 fully saturated rings. The van der Waals surface area contributed by atoms with Crippen LogP contribution in [0.5, 0.6) is 11.5 Å². The summed E-state index contributed by atoms with van der Waals surface area (Å²) in [6.07, 6.45) is 0. The summed E-state index contributed by atoms with van der Waals surface area (Å²) in [7, 11) is 3.23. The fraction of sp³-hybridized carbons (Fsp3) is 0.130. The van der Waals surface area contributed by atoms with Crippen LogP contribution in [0.4, 0.5) is 11.4 Å². The van der Waals surface area contributed by atoms with E-state index in [-0.39, 0.29) is 0 Å². The van der Waals surface area contributed by atoms with E-state index in [1.54, 1.807) is 31.6 Å². The number of nitrogens with zero attached hydrogens (tertiary/aromatic N) is 1. The maximum absolute atomic E-state index is 5.45. The Morgan fingerprint density at radius 3 is 2.47 bits per heavy atom. The van der Waals surface area contributed by atoms with Gasteiger partial charge < -0.3 is 20.1 Å². The number of hydrogen-bond donors (Lipinski definition) is 2. The Kier molecular flexibility index (Phi) is 5.83. The van der Waals surface area contributed by atoms with Gasteiger partial charge >= 0.3 is 0 Å². The van der Waals surface area contributed by atoms with Crippen molar-refractivity contribution >= 4 is 50.3 Å². The molecular weight excluding hydrogens is 414 g/mol. The Morgan fingerprint density at radius 1 is 0.933 bits per heavy atom. The smallest absolute Gasteiger partial charge is 0.175 e. The minimum absolute atomic E-state index is 0.474. The maximum atomic E-state index is 5.45. The Balaban J connectivity index is 1.46. The molecular formula is C23H21N3O2S2. The normalized spacial score (nSPS) is 10.6. The van der Waals surface area contributed by atoms with Crippen LogP contribution in [0.1, 0.15) is 5.56 Å². The summed E-state index contributed by atoms with van der Waals surface area (Å²) in [5.41, 5.74) is 5.00. The van der Waals surface area contributed by atoms with Gasteiger partial charge in [-0.15, -0.1) is 11.3 Å². The Hall–Kier alpha value is -3.16. The van der Waals surface area contributed by atoms with Gasteiger partial charge in [-0.2, -0.15) is 0 Å². The van der Waals surface area contributed by atoms with Crippen LogP contribution in [-0.4, -0.2) is 24.3 Å². The lowest BCUT2D eigenvalue weighted by Crippen LogP contribution is -2.19. The minimum Gasteiger partial charge on any atom is -0.497 e. The van der Waals surface area contributed by atoms with Crippen LogP contribution in [-0.2, 0) is 0 Å². The van der Waals surface area contributed by atoms with Crippen molar-refractivity contribution in [2.45, 2.75) is 6.92 Å². The lowest BCUT2D eigenvalue weighted by Gasteiger charge is -2.14. The monoisotopic (exact) mass is 435 g/mol. The molecule has 152 valence electrons. The van der Waals surface area contributed by atoms with E-state index < -0.39 is 0 Å². The molecule has 5 nitrogen and oxygen atoms in total. The number of thiazole rings is 1. The zero-order valence-electron chi connectivity index (χ0n) is 16.9. The highest BCUT2D eigenvalue weighted by atomic mass is 32.1. The molecule has 0 saturated heterocycles. The van der Waals surface area contributed by atoms with E-state index in [0.29, 0.717) is 10.9 Å². The summed E-state index contributed by atoms with van der Waals surface area (Å²) < 4.78 is 11.8. The van der Waals surface area contributed by atoms with Crippen LogP contribution < -0.4 is 20.1 Å². The van der Waals surface area contributed by atoms with Gasteiger partial charge in [-0.25, -0.2) is 4.98 Å². The fourth-order valence-corrected chi connectivity index (χ4v) is 4.34. The second kappa shape index (κ2) is 8.69. The Bertz CT molecular complexity index is 1200. The largest absolute Gasteiger partial charge is 0.497 e. The molecule has 4 aromatic rings. The SMILES string of the molecule is COc1ccc(NC(=S)Nc2ccc(-c3nc4ccc(C)cc4s3)cc2)c(OC)c1. The first-order chi connectivity index (χ1) is 14.6. The molecule has 3 aromatic carbocycles. The Morgan fingerprint density at radius 2 is 1.73 bits per heavy atom. The van der Waals surface area contributed by atoms with Crippen LogP contribution in [0.2, 0.25) is 0 Å². The quantitative estimate of drug-likeness (QED) is 0.370. The molecule has 2 N–H and O–H groups in total. The van der Waals surface area contributed by atoms with Crippen molar-refractivity contribution in [1.29, 1.82) is 0 Å². The number of nitrogens with one attached hydrogen (secondary N) is 2. The van der Waals surface area contributed by atoms with E-state index in [9.17, 15) is 0 Å². The summed E-state index contributed by atoms with van der Waals surface area (Å²) in [4.78, 5) is 4.74. The van der Waals surface area contributed by atoms with Crippen molar-refractivity contribution in [3.8, 4) is 22.1 Å². The second-order valence-electron chi connectivity index (χ2n) is 6.71. The van der Waals surface area contributed by atoms with E-state index in [1.807, 2.05) is 36.4 Å². The number of thiocarbonyl (C=S) groups is 1. The average Bonchev–Trinajstić information content (AvgIpc) is 3.17. The molecule has 0 bridgehead atoms. The van der Waals surface area contributed by atoms with Crippen LogP contribution in [0, 0.1) is 6.92 Å². The first-order valence-corrected chi connectivity index (χ1v) is 10.6. The highest BCUT2D eigenvalue weighted by molar-refractivity contribution is 7.80. The van der Waals surface area contributed by atoms with Crippen LogP contribution in [0.3, 0.4) is 0 Å². The number of aryl methyl sites for hydroxylation is 1. The molecule has 1 aromatic heterocycles. The molecule has 0 unspecified atom stereocenters. The van der Waals surface area contributed by atoms with E-state index >= 15 is 0 Å². The molecule has 0 aliphatic carbocycles. The number of rotatable bonds is 5. The molecule has 0 saturated carbocycles. The first kappa shape index (κ1) is 20.1. The lowest BCUT2D eigenvalue weighted by molar-refractivity contribution is 0.395. The molecule has 0 aliphatic rings. The van der Waals surface area contributed by atoms with Crippen molar-refractivity contribution in [3.63, 3.8) is 0 Å². The summed E-state index contributed by atoms with van der Waals surface area (Å²) in [6, 6.07) is 19.9. The zero-order valence-corrected chi connectivity index (χ0v) is 18.5. The lowest BCUT2D eigenvalue weighted by atomic mass is 10.2. The highest BCUT2D eigenvalue weighted by Gasteiger charge is 2.09. The molecule has 7 heteroatoms. The van der Waals surface area contributed by atoms with Gasteiger partial charge in [0.2, 0.25) is 0 Å². The van der Waals surface area contributed by atoms with Gasteiger partial charge in [0, 0.05) is 17.3 Å². The van der Waals surface area contributed by atoms with E-state index in [4.69, 9.17) is 26.7 Å². The summed E-state index contributed by atoms with van der Waals surface area (Å²) >= 11 is 7.15. The predicted molar refractivity (Wildman–Crippen MR) is 129 cm³/mol. The molecule has 1 heterocycles. The zero-order chi connectivity index (χ0) is 21.1. The average molecular weight is 436 g/mol. The van der Waals surface area contributed by atoms with Gasteiger partial charge in [-0.3, -0.25) is 0 Å². The molecule has 0 spiro atoms. The van der Waals surface area contributed by atoms with E-state index in [2.05, 4.69) is 35.8 Å². The number of hydrogen-bond acceptors (Lipinski definition) is 5. The molecule has 0 radical (unpaired) electrons. The molecule has 0 aliphatic heterocycles. The van der Waals surface area contributed by atoms with Crippen molar-refractivity contribution in [2.24, 2.45) is 0 Å². The molecule has 0 amide bonds. The van der Waals surface area contributed by atoms with E-state index in [1.165, 1.54) is 10.3 Å². The molecule has 4 rings (SSSR count). The second-order valence-corrected chi connectivity index (χ2v) is 8.15. The topological polar surface area (TPSA) is 55.4 Å². The fourth-order valence-electron chi connectivity index (χ4n) is 3.04. The third-order valence-corrected chi connectivity index (χ3v) is 5.86. The predicted octanol–water partition coefficient (Wildman–Crippen LogP) is 6.10. The minimum atomic E-state index is 0.474. The third kappa shape index (κ3) is 4.37. The summed E-state index contributed by atoms with van der Waals surface area (Å²) in [5, 5.41) is 7.84. The molecule has 30 heavy (non-hydrogen) atoms.